The minimum Gasteiger partial charge on any atom is -0.367 e. The van der Waals surface area contributed by atoms with Crippen molar-refractivity contribution in [2.75, 3.05) is 5.73 Å². The summed E-state index contributed by atoms with van der Waals surface area (Å²) in [6, 6.07) is 10.5. The molecule has 0 spiro atoms. The molecule has 0 amide bonds. The average Bonchev–Trinajstić information content (AvgIpc) is 3.04. The number of benzene rings is 1. The molecule has 16 heavy (non-hydrogen) atoms. The molecule has 1 fully saturated rings. The maximum absolute atomic E-state index is 5.66. The highest BCUT2D eigenvalue weighted by molar-refractivity contribution is 5.43. The molecule has 1 saturated carbocycles. The fourth-order valence-electron chi connectivity index (χ4n) is 2.27. The third-order valence-corrected chi connectivity index (χ3v) is 3.37. The van der Waals surface area contributed by atoms with E-state index in [2.05, 4.69) is 29.4 Å². The summed E-state index contributed by atoms with van der Waals surface area (Å²) in [4.78, 5) is 0. The first-order valence-corrected chi connectivity index (χ1v) is 5.54. The molecule has 1 heterocycles. The van der Waals surface area contributed by atoms with Gasteiger partial charge < -0.3 is 10.3 Å². The van der Waals surface area contributed by atoms with Crippen molar-refractivity contribution in [3.8, 4) is 0 Å². The number of nitrogens with zero attached hydrogens (tertiary/aromatic N) is 1. The number of hydrogen-bond acceptors (Lipinski definition) is 3. The van der Waals surface area contributed by atoms with Crippen molar-refractivity contribution in [2.45, 2.75) is 25.2 Å². The van der Waals surface area contributed by atoms with Gasteiger partial charge in [0.2, 0.25) is 5.88 Å². The average molecular weight is 214 g/mol. The second-order valence-electron chi connectivity index (χ2n) is 4.42. The Kier molecular flexibility index (Phi) is 1.99. The molecule has 0 radical (unpaired) electrons. The third kappa shape index (κ3) is 1.40. The summed E-state index contributed by atoms with van der Waals surface area (Å²) >= 11 is 0. The number of nitrogens with two attached hydrogens (primary N) is 1. The van der Waals surface area contributed by atoms with Crippen LogP contribution in [0.3, 0.4) is 0 Å². The first-order chi connectivity index (χ1) is 7.77. The van der Waals surface area contributed by atoms with Crippen LogP contribution in [0.5, 0.6) is 0 Å². The van der Waals surface area contributed by atoms with Crippen LogP contribution in [0.2, 0.25) is 0 Å². The van der Waals surface area contributed by atoms with E-state index in [4.69, 9.17) is 10.3 Å². The predicted molar refractivity (Wildman–Crippen MR) is 62.2 cm³/mol. The summed E-state index contributed by atoms with van der Waals surface area (Å²) in [5, 5.41) is 4.05. The maximum atomic E-state index is 5.66. The Bertz CT molecular complexity index is 504. The zero-order valence-corrected chi connectivity index (χ0v) is 9.18. The van der Waals surface area contributed by atoms with Gasteiger partial charge in [-0.2, -0.15) is 0 Å². The monoisotopic (exact) mass is 214 g/mol. The van der Waals surface area contributed by atoms with Crippen molar-refractivity contribution >= 4 is 5.88 Å². The molecule has 0 aliphatic heterocycles. The van der Waals surface area contributed by atoms with Crippen molar-refractivity contribution in [3.63, 3.8) is 0 Å². The predicted octanol–water partition coefficient (Wildman–Crippen LogP) is 2.84. The van der Waals surface area contributed by atoms with Gasteiger partial charge in [0.15, 0.2) is 0 Å². The van der Waals surface area contributed by atoms with Gasteiger partial charge in [-0.15, -0.1) is 0 Å². The Morgan fingerprint density at radius 2 is 2.00 bits per heavy atom. The SMILES string of the molecule is Cc1c(C2CC2c2ccccc2)noc1N. The zero-order chi connectivity index (χ0) is 11.1. The van der Waals surface area contributed by atoms with Gasteiger partial charge in [0, 0.05) is 11.5 Å². The largest absolute Gasteiger partial charge is 0.367 e. The molecule has 1 aliphatic carbocycles. The van der Waals surface area contributed by atoms with Gasteiger partial charge in [0.25, 0.3) is 0 Å². The number of rotatable bonds is 2. The lowest BCUT2D eigenvalue weighted by Crippen LogP contribution is -1.89. The summed E-state index contributed by atoms with van der Waals surface area (Å²) in [6.07, 6.45) is 1.15. The van der Waals surface area contributed by atoms with Crippen LogP contribution < -0.4 is 5.73 Å². The van der Waals surface area contributed by atoms with E-state index in [0.29, 0.717) is 17.7 Å². The summed E-state index contributed by atoms with van der Waals surface area (Å²) in [5.41, 5.74) is 9.08. The molecule has 0 saturated heterocycles. The number of aromatic nitrogens is 1. The zero-order valence-electron chi connectivity index (χ0n) is 9.18. The molecule has 82 valence electrons. The van der Waals surface area contributed by atoms with E-state index in [-0.39, 0.29) is 0 Å². The molecule has 1 aromatic heterocycles. The van der Waals surface area contributed by atoms with E-state index in [1.165, 1.54) is 5.56 Å². The first kappa shape index (κ1) is 9.46. The molecule has 3 heteroatoms. The van der Waals surface area contributed by atoms with E-state index in [0.717, 1.165) is 17.7 Å². The van der Waals surface area contributed by atoms with Crippen LogP contribution in [0.1, 0.15) is 35.1 Å². The minimum atomic E-state index is 0.453. The van der Waals surface area contributed by atoms with Gasteiger partial charge in [-0.1, -0.05) is 35.5 Å². The highest BCUT2D eigenvalue weighted by Crippen LogP contribution is 2.55. The summed E-state index contributed by atoms with van der Waals surface area (Å²) in [7, 11) is 0. The topological polar surface area (TPSA) is 52.0 Å². The van der Waals surface area contributed by atoms with E-state index in [1.807, 2.05) is 13.0 Å². The van der Waals surface area contributed by atoms with Crippen molar-refractivity contribution in [2.24, 2.45) is 0 Å². The molecule has 2 aromatic rings. The Morgan fingerprint density at radius 3 is 2.62 bits per heavy atom. The van der Waals surface area contributed by atoms with E-state index in [1.54, 1.807) is 0 Å². The van der Waals surface area contributed by atoms with Gasteiger partial charge in [0.1, 0.15) is 0 Å². The molecule has 0 bridgehead atoms. The lowest BCUT2D eigenvalue weighted by atomic mass is 10.1. The molecular weight excluding hydrogens is 200 g/mol. The highest BCUT2D eigenvalue weighted by atomic mass is 16.5. The van der Waals surface area contributed by atoms with Crippen molar-refractivity contribution in [1.29, 1.82) is 0 Å². The molecule has 2 unspecified atom stereocenters. The van der Waals surface area contributed by atoms with Crippen LogP contribution in [0.15, 0.2) is 34.9 Å². The summed E-state index contributed by atoms with van der Waals surface area (Å²) in [6.45, 7) is 1.97. The summed E-state index contributed by atoms with van der Waals surface area (Å²) < 4.78 is 5.01. The standard InChI is InChI=1S/C13H14N2O/c1-8-12(15-16-13(8)14)11-7-10(11)9-5-3-2-4-6-9/h2-6,10-11H,7,14H2,1H3. The quantitative estimate of drug-likeness (QED) is 0.836. The van der Waals surface area contributed by atoms with E-state index < -0.39 is 0 Å². The molecule has 2 atom stereocenters. The van der Waals surface area contributed by atoms with Gasteiger partial charge in [-0.25, -0.2) is 0 Å². The van der Waals surface area contributed by atoms with Crippen LogP contribution in [-0.4, -0.2) is 5.16 Å². The van der Waals surface area contributed by atoms with Crippen LogP contribution in [-0.2, 0) is 0 Å². The van der Waals surface area contributed by atoms with E-state index in [9.17, 15) is 0 Å². The lowest BCUT2D eigenvalue weighted by Gasteiger charge is -1.98. The fourth-order valence-corrected chi connectivity index (χ4v) is 2.27. The molecule has 1 aromatic carbocycles. The minimum absolute atomic E-state index is 0.453. The molecular formula is C13H14N2O. The lowest BCUT2D eigenvalue weighted by molar-refractivity contribution is 0.427. The fraction of sp³-hybridized carbons (Fsp3) is 0.308. The van der Waals surface area contributed by atoms with Crippen LogP contribution in [0, 0.1) is 6.92 Å². The van der Waals surface area contributed by atoms with Crippen molar-refractivity contribution < 1.29 is 4.52 Å². The smallest absolute Gasteiger partial charge is 0.225 e. The number of anilines is 1. The van der Waals surface area contributed by atoms with E-state index >= 15 is 0 Å². The Balaban J connectivity index is 1.85. The summed E-state index contributed by atoms with van der Waals surface area (Å²) in [5.74, 6) is 1.53. The van der Waals surface area contributed by atoms with Gasteiger partial charge >= 0.3 is 0 Å². The first-order valence-electron chi connectivity index (χ1n) is 5.54. The second kappa shape index (κ2) is 3.37. The third-order valence-electron chi connectivity index (χ3n) is 3.37. The molecule has 3 rings (SSSR count). The number of nitrogen functional groups attached to an aromatic ring is 1. The van der Waals surface area contributed by atoms with Crippen LogP contribution in [0.25, 0.3) is 0 Å². The molecule has 2 N–H and O–H groups in total. The molecule has 3 nitrogen and oxygen atoms in total. The highest BCUT2D eigenvalue weighted by Gasteiger charge is 2.42. The van der Waals surface area contributed by atoms with Crippen molar-refractivity contribution in [1.82, 2.24) is 5.16 Å². The van der Waals surface area contributed by atoms with Crippen LogP contribution >= 0.6 is 0 Å². The van der Waals surface area contributed by atoms with Gasteiger partial charge in [-0.3, -0.25) is 0 Å². The van der Waals surface area contributed by atoms with Gasteiger partial charge in [-0.05, 0) is 24.8 Å². The van der Waals surface area contributed by atoms with Crippen LogP contribution in [0.4, 0.5) is 5.88 Å². The Hall–Kier alpha value is -1.77. The molecule has 1 aliphatic rings. The normalized spacial score (nSPS) is 23.3. The Morgan fingerprint density at radius 1 is 1.25 bits per heavy atom. The van der Waals surface area contributed by atoms with Gasteiger partial charge in [0.05, 0.1) is 5.69 Å². The number of hydrogen-bond donors (Lipinski definition) is 1. The Labute approximate surface area is 94.2 Å². The second-order valence-corrected chi connectivity index (χ2v) is 4.42. The maximum Gasteiger partial charge on any atom is 0.225 e. The van der Waals surface area contributed by atoms with Crippen molar-refractivity contribution in [3.05, 3.63) is 47.2 Å².